The average molecular weight is 256 g/mol. The first-order chi connectivity index (χ1) is 7.90. The van der Waals surface area contributed by atoms with Gasteiger partial charge < -0.3 is 10.0 Å². The zero-order valence-corrected chi connectivity index (χ0v) is 11.2. The molecule has 0 heterocycles. The summed E-state index contributed by atoms with van der Waals surface area (Å²) in [6, 6.07) is 3.88. The number of rotatable bonds is 5. The molecule has 3 nitrogen and oxygen atoms in total. The average Bonchev–Trinajstić information content (AvgIpc) is 2.20. The summed E-state index contributed by atoms with van der Waals surface area (Å²) in [7, 11) is 1.93. The van der Waals surface area contributed by atoms with Gasteiger partial charge in [-0.05, 0) is 49.7 Å². The molecule has 1 N–H and O–H groups in total. The van der Waals surface area contributed by atoms with Crippen molar-refractivity contribution in [1.29, 1.82) is 0 Å². The molecular weight excluding hydrogens is 238 g/mol. The third-order valence-corrected chi connectivity index (χ3v) is 3.01. The summed E-state index contributed by atoms with van der Waals surface area (Å²) in [5.74, 6) is -0.763. The molecular formula is C13H18ClNO2. The second-order valence-corrected chi connectivity index (χ2v) is 4.84. The topological polar surface area (TPSA) is 40.5 Å². The lowest BCUT2D eigenvalue weighted by molar-refractivity contribution is -0.137. The number of carbonyl (C=O) groups is 1. The van der Waals surface area contributed by atoms with Gasteiger partial charge >= 0.3 is 5.97 Å². The number of nitrogens with zero attached hydrogens (tertiary/aromatic N) is 1. The molecule has 0 aliphatic rings. The van der Waals surface area contributed by atoms with E-state index in [2.05, 4.69) is 0 Å². The predicted octanol–water partition coefficient (Wildman–Crippen LogP) is 2.86. The fraction of sp³-hybridized carbons (Fsp3) is 0.462. The number of benzene rings is 1. The van der Waals surface area contributed by atoms with Crippen molar-refractivity contribution in [2.45, 2.75) is 26.8 Å². The fourth-order valence-corrected chi connectivity index (χ4v) is 2.15. The highest BCUT2D eigenvalue weighted by atomic mass is 35.5. The van der Waals surface area contributed by atoms with Crippen molar-refractivity contribution in [3.8, 4) is 0 Å². The summed E-state index contributed by atoms with van der Waals surface area (Å²) >= 11 is 5.97. The third kappa shape index (κ3) is 4.36. The molecule has 17 heavy (non-hydrogen) atoms. The fourth-order valence-electron chi connectivity index (χ4n) is 1.83. The van der Waals surface area contributed by atoms with Crippen LogP contribution in [0.15, 0.2) is 12.1 Å². The Bertz CT molecular complexity index is 395. The Balaban J connectivity index is 2.71. The minimum Gasteiger partial charge on any atom is -0.481 e. The Morgan fingerprint density at radius 3 is 2.35 bits per heavy atom. The third-order valence-electron chi connectivity index (χ3n) is 2.80. The van der Waals surface area contributed by atoms with E-state index in [9.17, 15) is 4.79 Å². The normalized spacial score (nSPS) is 10.9. The van der Waals surface area contributed by atoms with Crippen LogP contribution in [0.5, 0.6) is 0 Å². The zero-order chi connectivity index (χ0) is 13.0. The first-order valence-electron chi connectivity index (χ1n) is 5.56. The molecule has 1 aromatic carbocycles. The van der Waals surface area contributed by atoms with Crippen molar-refractivity contribution in [3.63, 3.8) is 0 Å². The van der Waals surface area contributed by atoms with Gasteiger partial charge in [-0.15, -0.1) is 0 Å². The van der Waals surface area contributed by atoms with E-state index in [-0.39, 0.29) is 6.42 Å². The highest BCUT2D eigenvalue weighted by Gasteiger charge is 2.08. The summed E-state index contributed by atoms with van der Waals surface area (Å²) in [4.78, 5) is 12.5. The first kappa shape index (κ1) is 14.0. The van der Waals surface area contributed by atoms with Crippen molar-refractivity contribution < 1.29 is 9.90 Å². The Kier molecular flexibility index (Phi) is 4.97. The van der Waals surface area contributed by atoms with E-state index in [0.717, 1.165) is 22.7 Å². The Hall–Kier alpha value is -1.06. The molecule has 1 aromatic rings. The van der Waals surface area contributed by atoms with Gasteiger partial charge in [0.1, 0.15) is 0 Å². The standard InChI is InChI=1S/C13H18ClNO2/c1-9-6-11(14)7-10(2)12(9)8-15(3)5-4-13(16)17/h6-7H,4-5,8H2,1-3H3,(H,16,17). The molecule has 0 aromatic heterocycles. The molecule has 0 unspecified atom stereocenters. The quantitative estimate of drug-likeness (QED) is 0.880. The summed E-state index contributed by atoms with van der Waals surface area (Å²) in [6.45, 7) is 5.36. The maximum atomic E-state index is 10.5. The zero-order valence-electron chi connectivity index (χ0n) is 10.5. The van der Waals surface area contributed by atoms with Gasteiger partial charge in [0.2, 0.25) is 0 Å². The SMILES string of the molecule is Cc1cc(Cl)cc(C)c1CN(C)CCC(=O)O. The van der Waals surface area contributed by atoms with Gasteiger partial charge in [-0.25, -0.2) is 0 Å². The summed E-state index contributed by atoms with van der Waals surface area (Å²) in [5.41, 5.74) is 3.52. The summed E-state index contributed by atoms with van der Waals surface area (Å²) < 4.78 is 0. The van der Waals surface area contributed by atoms with Gasteiger partial charge in [0.15, 0.2) is 0 Å². The number of carboxylic acids is 1. The molecule has 1 rings (SSSR count). The van der Waals surface area contributed by atoms with Crippen LogP contribution in [0.3, 0.4) is 0 Å². The van der Waals surface area contributed by atoms with Crippen LogP contribution in [-0.2, 0) is 11.3 Å². The highest BCUT2D eigenvalue weighted by Crippen LogP contribution is 2.21. The van der Waals surface area contributed by atoms with Crippen molar-refractivity contribution >= 4 is 17.6 Å². The highest BCUT2D eigenvalue weighted by molar-refractivity contribution is 6.30. The van der Waals surface area contributed by atoms with E-state index in [1.54, 1.807) is 0 Å². The first-order valence-corrected chi connectivity index (χ1v) is 5.94. The predicted molar refractivity (Wildman–Crippen MR) is 69.5 cm³/mol. The van der Waals surface area contributed by atoms with Crippen LogP contribution in [0.25, 0.3) is 0 Å². The molecule has 0 saturated heterocycles. The molecule has 0 radical (unpaired) electrons. The van der Waals surface area contributed by atoms with E-state index < -0.39 is 5.97 Å². The molecule has 0 bridgehead atoms. The summed E-state index contributed by atoms with van der Waals surface area (Å²) in [5, 5.41) is 9.38. The van der Waals surface area contributed by atoms with Crippen molar-refractivity contribution in [3.05, 3.63) is 33.8 Å². The molecule has 4 heteroatoms. The second kappa shape index (κ2) is 6.03. The van der Waals surface area contributed by atoms with E-state index in [1.807, 2.05) is 37.9 Å². The van der Waals surface area contributed by atoms with Crippen molar-refractivity contribution in [2.75, 3.05) is 13.6 Å². The van der Waals surface area contributed by atoms with E-state index in [0.29, 0.717) is 6.54 Å². The van der Waals surface area contributed by atoms with Crippen LogP contribution in [-0.4, -0.2) is 29.6 Å². The maximum Gasteiger partial charge on any atom is 0.304 e. The minimum atomic E-state index is -0.763. The molecule has 0 fully saturated rings. The van der Waals surface area contributed by atoms with Crippen LogP contribution in [0.2, 0.25) is 5.02 Å². The van der Waals surface area contributed by atoms with Gasteiger partial charge in [0, 0.05) is 18.1 Å². The van der Waals surface area contributed by atoms with Crippen LogP contribution in [0, 0.1) is 13.8 Å². The van der Waals surface area contributed by atoms with Gasteiger partial charge in [0.05, 0.1) is 6.42 Å². The minimum absolute atomic E-state index is 0.169. The van der Waals surface area contributed by atoms with Crippen LogP contribution in [0.4, 0.5) is 0 Å². The largest absolute Gasteiger partial charge is 0.481 e. The second-order valence-electron chi connectivity index (χ2n) is 4.40. The lowest BCUT2D eigenvalue weighted by Gasteiger charge is -2.19. The van der Waals surface area contributed by atoms with Crippen molar-refractivity contribution in [1.82, 2.24) is 4.90 Å². The van der Waals surface area contributed by atoms with E-state index in [4.69, 9.17) is 16.7 Å². The van der Waals surface area contributed by atoms with Crippen LogP contribution >= 0.6 is 11.6 Å². The molecule has 0 saturated carbocycles. The Morgan fingerprint density at radius 2 is 1.88 bits per heavy atom. The molecule has 0 amide bonds. The number of carboxylic acid groups (broad SMARTS) is 1. The van der Waals surface area contributed by atoms with Crippen molar-refractivity contribution in [2.24, 2.45) is 0 Å². The number of halogens is 1. The van der Waals surface area contributed by atoms with E-state index in [1.165, 1.54) is 5.56 Å². The molecule has 0 atom stereocenters. The lowest BCUT2D eigenvalue weighted by Crippen LogP contribution is -2.22. The number of aliphatic carboxylic acids is 1. The molecule has 94 valence electrons. The Labute approximate surface area is 107 Å². The monoisotopic (exact) mass is 255 g/mol. The van der Waals surface area contributed by atoms with Gasteiger partial charge in [-0.1, -0.05) is 11.6 Å². The Morgan fingerprint density at radius 1 is 1.35 bits per heavy atom. The van der Waals surface area contributed by atoms with E-state index >= 15 is 0 Å². The van der Waals surface area contributed by atoms with Gasteiger partial charge in [-0.3, -0.25) is 4.79 Å². The molecule has 0 aliphatic heterocycles. The lowest BCUT2D eigenvalue weighted by atomic mass is 10.0. The van der Waals surface area contributed by atoms with Crippen LogP contribution in [0.1, 0.15) is 23.1 Å². The summed E-state index contributed by atoms with van der Waals surface area (Å²) in [6.07, 6.45) is 0.169. The number of hydrogen-bond acceptors (Lipinski definition) is 2. The smallest absolute Gasteiger partial charge is 0.304 e. The molecule has 0 aliphatic carbocycles. The maximum absolute atomic E-state index is 10.5. The van der Waals surface area contributed by atoms with Gasteiger partial charge in [-0.2, -0.15) is 0 Å². The number of hydrogen-bond donors (Lipinski definition) is 1. The van der Waals surface area contributed by atoms with Crippen LogP contribution < -0.4 is 0 Å². The molecule has 0 spiro atoms. The number of aryl methyl sites for hydroxylation is 2. The van der Waals surface area contributed by atoms with Gasteiger partial charge in [0.25, 0.3) is 0 Å².